The third-order valence-corrected chi connectivity index (χ3v) is 6.23. The number of nitrogens with one attached hydrogen (secondary N) is 3. The topological polar surface area (TPSA) is 81.1 Å². The molecule has 3 N–H and O–H groups in total. The molecule has 1 saturated carbocycles. The van der Waals surface area contributed by atoms with Crippen molar-refractivity contribution in [3.63, 3.8) is 0 Å². The molecule has 28 heavy (non-hydrogen) atoms. The molecule has 1 fully saturated rings. The molecule has 2 aromatic rings. The Balaban J connectivity index is 1.52. The van der Waals surface area contributed by atoms with Crippen molar-refractivity contribution in [3.05, 3.63) is 35.5 Å². The van der Waals surface area contributed by atoms with Crippen LogP contribution in [0.1, 0.15) is 58.8 Å². The van der Waals surface area contributed by atoms with Gasteiger partial charge in [-0.3, -0.25) is 9.79 Å². The summed E-state index contributed by atoms with van der Waals surface area (Å²) in [7, 11) is 0. The zero-order valence-electron chi connectivity index (χ0n) is 16.5. The molecule has 0 atom stereocenters. The summed E-state index contributed by atoms with van der Waals surface area (Å²) in [6.45, 7) is 4.33. The van der Waals surface area contributed by atoms with Crippen LogP contribution in [0.3, 0.4) is 0 Å². The minimum atomic E-state index is -0.277. The van der Waals surface area contributed by atoms with Crippen molar-refractivity contribution in [1.82, 2.24) is 10.3 Å². The molecule has 1 aliphatic heterocycles. The van der Waals surface area contributed by atoms with Gasteiger partial charge in [-0.15, -0.1) is 0 Å². The molecule has 1 spiro atoms. The lowest BCUT2D eigenvalue weighted by Gasteiger charge is -2.42. The normalized spacial score (nSPS) is 23.4. The molecule has 1 aromatic heterocycles. The Labute approximate surface area is 164 Å². The molecule has 1 aromatic carbocycles. The fourth-order valence-corrected chi connectivity index (χ4v) is 5.09. The van der Waals surface area contributed by atoms with E-state index in [1.54, 1.807) is 0 Å². The number of hydrogen-bond donors (Lipinski definition) is 3. The lowest BCUT2D eigenvalue weighted by atomic mass is 9.66. The van der Waals surface area contributed by atoms with Gasteiger partial charge in [0.15, 0.2) is 11.4 Å². The van der Waals surface area contributed by atoms with Gasteiger partial charge < -0.3 is 4.42 Å². The van der Waals surface area contributed by atoms with Gasteiger partial charge in [-0.1, -0.05) is 32.4 Å². The average molecular weight is 379 g/mol. The lowest BCUT2D eigenvalue weighted by Crippen LogP contribution is -2.93. The minimum absolute atomic E-state index is 0.0289. The van der Waals surface area contributed by atoms with Crippen LogP contribution in [0.25, 0.3) is 11.1 Å². The van der Waals surface area contributed by atoms with Crippen LogP contribution in [0.5, 0.6) is 0 Å². The summed E-state index contributed by atoms with van der Waals surface area (Å²) in [6.07, 6.45) is 6.96. The predicted molar refractivity (Wildman–Crippen MR) is 108 cm³/mol. The number of para-hydroxylation sites is 2. The lowest BCUT2D eigenvalue weighted by molar-refractivity contribution is -0.550. The van der Waals surface area contributed by atoms with Gasteiger partial charge in [0.2, 0.25) is 0 Å². The zero-order valence-corrected chi connectivity index (χ0v) is 16.5. The number of Topliss-reactive ketones (excluding diaryl/α,β-unsaturated/α-hetero) is 1. The van der Waals surface area contributed by atoms with Gasteiger partial charge in [0.05, 0.1) is 11.3 Å². The number of carbonyl (C=O) groups is 1. The van der Waals surface area contributed by atoms with Crippen LogP contribution in [0.4, 0.5) is 6.01 Å². The van der Waals surface area contributed by atoms with Crippen molar-refractivity contribution >= 4 is 28.9 Å². The number of guanidine groups is 1. The Bertz CT molecular complexity index is 975. The van der Waals surface area contributed by atoms with Crippen LogP contribution in [-0.4, -0.2) is 22.3 Å². The van der Waals surface area contributed by atoms with E-state index >= 15 is 0 Å². The molecule has 0 unspecified atom stereocenters. The first kappa shape index (κ1) is 17.5. The molecule has 0 bridgehead atoms. The Morgan fingerprint density at radius 2 is 1.93 bits per heavy atom. The van der Waals surface area contributed by atoms with Crippen molar-refractivity contribution in [2.75, 3.05) is 5.32 Å². The van der Waals surface area contributed by atoms with Gasteiger partial charge >= 0.3 is 12.0 Å². The Kier molecular flexibility index (Phi) is 3.86. The molecular weight excluding hydrogens is 352 g/mol. The predicted octanol–water partition coefficient (Wildman–Crippen LogP) is 2.63. The van der Waals surface area contributed by atoms with E-state index in [0.717, 1.165) is 60.4 Å². The number of oxazole rings is 1. The van der Waals surface area contributed by atoms with Gasteiger partial charge in [-0.25, -0.2) is 5.32 Å². The number of benzene rings is 1. The quantitative estimate of drug-likeness (QED) is 0.710. The van der Waals surface area contributed by atoms with Crippen LogP contribution in [0, 0.1) is 5.41 Å². The number of ketones is 1. The fraction of sp³-hybridized carbons (Fsp3) is 0.500. The maximum Gasteiger partial charge on any atom is 0.365 e. The van der Waals surface area contributed by atoms with Gasteiger partial charge in [0.25, 0.3) is 0 Å². The third kappa shape index (κ3) is 2.91. The largest absolute Gasteiger partial charge is 0.412 e. The average Bonchev–Trinajstić information content (AvgIpc) is 3.02. The van der Waals surface area contributed by atoms with E-state index in [4.69, 9.17) is 4.42 Å². The summed E-state index contributed by atoms with van der Waals surface area (Å²) < 4.78 is 5.84. The Morgan fingerprint density at radius 3 is 2.71 bits per heavy atom. The summed E-state index contributed by atoms with van der Waals surface area (Å²) in [4.78, 5) is 21.3. The smallest absolute Gasteiger partial charge is 0.365 e. The first-order chi connectivity index (χ1) is 13.4. The van der Waals surface area contributed by atoms with E-state index in [1.807, 2.05) is 24.3 Å². The van der Waals surface area contributed by atoms with Gasteiger partial charge in [-0.05, 0) is 43.2 Å². The molecule has 2 aliphatic carbocycles. The van der Waals surface area contributed by atoms with Crippen molar-refractivity contribution < 1.29 is 14.2 Å². The second-order valence-electron chi connectivity index (χ2n) is 9.17. The summed E-state index contributed by atoms with van der Waals surface area (Å²) in [5.41, 5.74) is 3.31. The number of nitrogens with zero attached hydrogens (tertiary/aromatic N) is 1. The van der Waals surface area contributed by atoms with Crippen LogP contribution >= 0.6 is 0 Å². The highest BCUT2D eigenvalue weighted by atomic mass is 16.4. The highest BCUT2D eigenvalue weighted by molar-refractivity contribution is 6.02. The van der Waals surface area contributed by atoms with E-state index < -0.39 is 0 Å². The highest BCUT2D eigenvalue weighted by Gasteiger charge is 2.50. The molecule has 2 heterocycles. The number of aromatic nitrogens is 1. The number of anilines is 1. The van der Waals surface area contributed by atoms with Gasteiger partial charge in [0.1, 0.15) is 11.1 Å². The van der Waals surface area contributed by atoms with E-state index in [1.165, 1.54) is 6.42 Å². The van der Waals surface area contributed by atoms with Crippen LogP contribution < -0.4 is 15.6 Å². The monoisotopic (exact) mass is 379 g/mol. The molecule has 6 heteroatoms. The second-order valence-corrected chi connectivity index (χ2v) is 9.17. The van der Waals surface area contributed by atoms with Crippen molar-refractivity contribution in [3.8, 4) is 0 Å². The first-order valence-electron chi connectivity index (χ1n) is 10.3. The van der Waals surface area contributed by atoms with Crippen LogP contribution in [0.2, 0.25) is 0 Å². The standard InChI is InChI=1S/C22H26N4O2/c1-21(2)12-15-18(16(27)13-21)22(10-6-3-7-11-22)26-19(23-15)25-20-24-14-8-4-5-9-17(14)28-20/h4-5,8-9H,3,6-7,10-13H2,1-2H3,(H2,23,24,25,26)/p+1. The Hall–Kier alpha value is -2.63. The summed E-state index contributed by atoms with van der Waals surface area (Å²) in [6, 6.07) is 8.18. The van der Waals surface area contributed by atoms with E-state index in [2.05, 4.69) is 34.5 Å². The number of fused-ring (bicyclic) bond motifs is 2. The van der Waals surface area contributed by atoms with Crippen molar-refractivity contribution in [2.45, 2.75) is 64.3 Å². The highest BCUT2D eigenvalue weighted by Crippen LogP contribution is 2.42. The van der Waals surface area contributed by atoms with Crippen LogP contribution in [-0.2, 0) is 4.79 Å². The first-order valence-corrected chi connectivity index (χ1v) is 10.3. The summed E-state index contributed by atoms with van der Waals surface area (Å²) in [5.74, 6) is 1.05. The second kappa shape index (κ2) is 6.19. The molecule has 0 radical (unpaired) electrons. The Morgan fingerprint density at radius 1 is 1.14 bits per heavy atom. The fourth-order valence-electron chi connectivity index (χ4n) is 5.09. The minimum Gasteiger partial charge on any atom is -0.412 e. The van der Waals surface area contributed by atoms with E-state index in [-0.39, 0.29) is 16.7 Å². The SMILES string of the molecule is CC1(C)CC(=O)C2=C(C1)NC(Nc1nc3ccccc3o1)=[NH+]C21CCCCC1. The molecule has 0 saturated heterocycles. The van der Waals surface area contributed by atoms with Gasteiger partial charge in [-0.2, -0.15) is 10.3 Å². The summed E-state index contributed by atoms with van der Waals surface area (Å²) in [5, 5.41) is 6.75. The summed E-state index contributed by atoms with van der Waals surface area (Å²) >= 11 is 0. The molecular formula is C22H27N4O2+. The number of rotatable bonds is 1. The third-order valence-electron chi connectivity index (χ3n) is 6.23. The molecule has 5 rings (SSSR count). The van der Waals surface area contributed by atoms with E-state index in [9.17, 15) is 4.79 Å². The number of allylic oxidation sites excluding steroid dienone is 1. The number of hydrogen-bond acceptors (Lipinski definition) is 5. The maximum absolute atomic E-state index is 13.1. The van der Waals surface area contributed by atoms with Crippen molar-refractivity contribution in [1.29, 1.82) is 0 Å². The van der Waals surface area contributed by atoms with Gasteiger partial charge in [0, 0.05) is 12.8 Å². The molecule has 146 valence electrons. The number of carbonyl (C=O) groups excluding carboxylic acids is 1. The maximum atomic E-state index is 13.1. The van der Waals surface area contributed by atoms with E-state index in [0.29, 0.717) is 12.4 Å². The van der Waals surface area contributed by atoms with Crippen molar-refractivity contribution in [2.24, 2.45) is 5.41 Å². The molecule has 6 nitrogen and oxygen atoms in total. The van der Waals surface area contributed by atoms with Crippen LogP contribution in [0.15, 0.2) is 40.0 Å². The molecule has 0 amide bonds. The molecule has 3 aliphatic rings. The zero-order chi connectivity index (χ0) is 19.4.